The average Bonchev–Trinajstić information content (AvgIpc) is 3.04. The fourth-order valence-electron chi connectivity index (χ4n) is 3.22. The zero-order valence-corrected chi connectivity index (χ0v) is 17.1. The molecule has 3 rings (SSSR count). The highest BCUT2D eigenvalue weighted by Gasteiger charge is 2.15. The van der Waals surface area contributed by atoms with Gasteiger partial charge in [-0.05, 0) is 61.7 Å². The molecular formula is C22H25N3OS. The number of aromatic nitrogens is 3. The summed E-state index contributed by atoms with van der Waals surface area (Å²) in [7, 11) is 1.67. The molecule has 27 heavy (non-hydrogen) atoms. The Morgan fingerprint density at radius 2 is 1.74 bits per heavy atom. The highest BCUT2D eigenvalue weighted by atomic mass is 32.2. The zero-order chi connectivity index (χ0) is 19.4. The van der Waals surface area contributed by atoms with Crippen LogP contribution >= 0.6 is 11.8 Å². The fourth-order valence-corrected chi connectivity index (χ4v) is 4.36. The van der Waals surface area contributed by atoms with Gasteiger partial charge in [-0.1, -0.05) is 35.5 Å². The molecule has 0 spiro atoms. The molecule has 0 aliphatic heterocycles. The number of hydrogen-bond donors (Lipinski definition) is 0. The molecule has 0 aliphatic carbocycles. The number of benzene rings is 2. The smallest absolute Gasteiger partial charge is 0.192 e. The van der Waals surface area contributed by atoms with Gasteiger partial charge in [0.1, 0.15) is 5.75 Å². The van der Waals surface area contributed by atoms with Crippen molar-refractivity contribution in [2.45, 2.75) is 38.2 Å². The topological polar surface area (TPSA) is 39.9 Å². The second-order valence-corrected chi connectivity index (χ2v) is 7.54. The summed E-state index contributed by atoms with van der Waals surface area (Å²) in [6.45, 7) is 11.0. The molecule has 0 radical (unpaired) electrons. The highest BCUT2D eigenvalue weighted by molar-refractivity contribution is 7.98. The summed E-state index contributed by atoms with van der Waals surface area (Å²) in [6.07, 6.45) is 1.88. The maximum absolute atomic E-state index is 5.24. The normalized spacial score (nSPS) is 10.8. The fraction of sp³-hybridized carbons (Fsp3) is 0.273. The van der Waals surface area contributed by atoms with Gasteiger partial charge in [0.15, 0.2) is 11.0 Å². The number of hydrogen-bond acceptors (Lipinski definition) is 4. The summed E-state index contributed by atoms with van der Waals surface area (Å²) >= 11 is 1.71. The first-order valence-corrected chi connectivity index (χ1v) is 9.90. The number of ether oxygens (including phenoxy) is 1. The van der Waals surface area contributed by atoms with E-state index in [4.69, 9.17) is 4.74 Å². The maximum Gasteiger partial charge on any atom is 0.192 e. The minimum atomic E-state index is 0.669. The van der Waals surface area contributed by atoms with E-state index in [-0.39, 0.29) is 0 Å². The molecule has 1 heterocycles. The minimum Gasteiger partial charge on any atom is -0.497 e. The Kier molecular flexibility index (Phi) is 6.01. The Hall–Kier alpha value is -2.53. The van der Waals surface area contributed by atoms with Crippen LogP contribution < -0.4 is 4.74 Å². The molecule has 0 fully saturated rings. The van der Waals surface area contributed by atoms with E-state index in [1.807, 2.05) is 30.3 Å². The SMILES string of the molecule is C=CCn1c(SCc2c(C)cc(C)cc2C)nnc1-c1ccc(OC)cc1. The number of aryl methyl sites for hydroxylation is 3. The monoisotopic (exact) mass is 379 g/mol. The summed E-state index contributed by atoms with van der Waals surface area (Å²) in [5.74, 6) is 2.54. The second-order valence-electron chi connectivity index (χ2n) is 6.60. The first kappa shape index (κ1) is 19.2. The van der Waals surface area contributed by atoms with Crippen molar-refractivity contribution in [3.63, 3.8) is 0 Å². The predicted molar refractivity (Wildman–Crippen MR) is 112 cm³/mol. The number of allylic oxidation sites excluding steroid dienone is 1. The molecule has 0 saturated heterocycles. The van der Waals surface area contributed by atoms with Gasteiger partial charge in [0.05, 0.1) is 7.11 Å². The van der Waals surface area contributed by atoms with Crippen molar-refractivity contribution < 1.29 is 4.74 Å². The van der Waals surface area contributed by atoms with Crippen LogP contribution in [0.3, 0.4) is 0 Å². The molecule has 0 aliphatic rings. The Labute approximate surface area is 165 Å². The van der Waals surface area contributed by atoms with Crippen molar-refractivity contribution >= 4 is 11.8 Å². The summed E-state index contributed by atoms with van der Waals surface area (Å²) in [6, 6.07) is 12.4. The van der Waals surface area contributed by atoms with E-state index in [1.165, 1.54) is 22.3 Å². The lowest BCUT2D eigenvalue weighted by atomic mass is 10.0. The third-order valence-electron chi connectivity index (χ3n) is 4.56. The molecular weight excluding hydrogens is 354 g/mol. The second kappa shape index (κ2) is 8.44. The Morgan fingerprint density at radius 1 is 1.07 bits per heavy atom. The van der Waals surface area contributed by atoms with E-state index in [9.17, 15) is 0 Å². The molecule has 0 amide bonds. The zero-order valence-electron chi connectivity index (χ0n) is 16.3. The van der Waals surface area contributed by atoms with Crippen LogP contribution in [0.4, 0.5) is 0 Å². The van der Waals surface area contributed by atoms with Gasteiger partial charge < -0.3 is 4.74 Å². The van der Waals surface area contributed by atoms with Gasteiger partial charge in [-0.25, -0.2) is 0 Å². The van der Waals surface area contributed by atoms with Crippen LogP contribution in [0.5, 0.6) is 5.75 Å². The third-order valence-corrected chi connectivity index (χ3v) is 5.56. The van der Waals surface area contributed by atoms with E-state index in [2.05, 4.69) is 54.2 Å². The lowest BCUT2D eigenvalue weighted by Gasteiger charge is -2.12. The van der Waals surface area contributed by atoms with Gasteiger partial charge in [0.2, 0.25) is 0 Å². The van der Waals surface area contributed by atoms with Gasteiger partial charge >= 0.3 is 0 Å². The molecule has 0 unspecified atom stereocenters. The van der Waals surface area contributed by atoms with Crippen molar-refractivity contribution in [1.82, 2.24) is 14.8 Å². The first-order chi connectivity index (χ1) is 13.0. The van der Waals surface area contributed by atoms with Crippen molar-refractivity contribution in [1.29, 1.82) is 0 Å². The van der Waals surface area contributed by atoms with Gasteiger partial charge in [-0.15, -0.1) is 16.8 Å². The van der Waals surface area contributed by atoms with Crippen LogP contribution in [0, 0.1) is 20.8 Å². The number of rotatable bonds is 7. The van der Waals surface area contributed by atoms with Gasteiger partial charge in [0.25, 0.3) is 0 Å². The average molecular weight is 380 g/mol. The van der Waals surface area contributed by atoms with Crippen LogP contribution in [0.2, 0.25) is 0 Å². The molecule has 1 aromatic heterocycles. The van der Waals surface area contributed by atoms with E-state index in [1.54, 1.807) is 18.9 Å². The summed E-state index contributed by atoms with van der Waals surface area (Å²) < 4.78 is 7.35. The number of nitrogens with zero attached hydrogens (tertiary/aromatic N) is 3. The number of methoxy groups -OCH3 is 1. The van der Waals surface area contributed by atoms with E-state index < -0.39 is 0 Å². The van der Waals surface area contributed by atoms with Crippen LogP contribution in [0.15, 0.2) is 54.2 Å². The van der Waals surface area contributed by atoms with Gasteiger partial charge in [-0.2, -0.15) is 0 Å². The minimum absolute atomic E-state index is 0.669. The van der Waals surface area contributed by atoms with Crippen LogP contribution in [-0.2, 0) is 12.3 Å². The first-order valence-electron chi connectivity index (χ1n) is 8.91. The molecule has 0 bridgehead atoms. The van der Waals surface area contributed by atoms with E-state index in [0.717, 1.165) is 28.0 Å². The largest absolute Gasteiger partial charge is 0.497 e. The molecule has 0 N–H and O–H groups in total. The van der Waals surface area contributed by atoms with Crippen molar-refractivity contribution in [3.05, 3.63) is 71.3 Å². The molecule has 4 nitrogen and oxygen atoms in total. The molecule has 0 atom stereocenters. The lowest BCUT2D eigenvalue weighted by molar-refractivity contribution is 0.415. The summed E-state index contributed by atoms with van der Waals surface area (Å²) in [4.78, 5) is 0. The van der Waals surface area contributed by atoms with E-state index >= 15 is 0 Å². The summed E-state index contributed by atoms with van der Waals surface area (Å²) in [5, 5.41) is 9.78. The van der Waals surface area contributed by atoms with Gasteiger partial charge in [0, 0.05) is 17.9 Å². The molecule has 3 aromatic rings. The van der Waals surface area contributed by atoms with Crippen LogP contribution in [0.1, 0.15) is 22.3 Å². The Morgan fingerprint density at radius 3 is 2.33 bits per heavy atom. The van der Waals surface area contributed by atoms with Crippen molar-refractivity contribution in [3.8, 4) is 17.1 Å². The van der Waals surface area contributed by atoms with Gasteiger partial charge in [-0.3, -0.25) is 4.57 Å². The lowest BCUT2D eigenvalue weighted by Crippen LogP contribution is -2.01. The molecule has 5 heteroatoms. The summed E-state index contributed by atoms with van der Waals surface area (Å²) in [5.41, 5.74) is 6.33. The van der Waals surface area contributed by atoms with Crippen molar-refractivity contribution in [2.24, 2.45) is 0 Å². The Bertz CT molecular complexity index is 922. The molecule has 140 valence electrons. The van der Waals surface area contributed by atoms with Crippen LogP contribution in [0.25, 0.3) is 11.4 Å². The van der Waals surface area contributed by atoms with E-state index in [0.29, 0.717) is 6.54 Å². The number of thioether (sulfide) groups is 1. The standard InChI is InChI=1S/C22H25N3OS/c1-6-11-25-21(18-7-9-19(26-5)10-8-18)23-24-22(25)27-14-20-16(3)12-15(2)13-17(20)4/h6-10,12-13H,1,11,14H2,2-5H3. The van der Waals surface area contributed by atoms with Crippen molar-refractivity contribution in [2.75, 3.05) is 7.11 Å². The third kappa shape index (κ3) is 4.25. The maximum atomic E-state index is 5.24. The molecule has 0 saturated carbocycles. The Balaban J connectivity index is 1.88. The quantitative estimate of drug-likeness (QED) is 0.409. The van der Waals surface area contributed by atoms with Crippen LogP contribution in [-0.4, -0.2) is 21.9 Å². The molecule has 2 aromatic carbocycles. The predicted octanol–water partition coefficient (Wildman–Crippen LogP) is 5.36. The highest BCUT2D eigenvalue weighted by Crippen LogP contribution is 2.29.